The van der Waals surface area contributed by atoms with Crippen molar-refractivity contribution in [3.05, 3.63) is 48.3 Å². The average Bonchev–Trinajstić information content (AvgIpc) is 3.05. The van der Waals surface area contributed by atoms with Gasteiger partial charge >= 0.3 is 0 Å². The predicted octanol–water partition coefficient (Wildman–Crippen LogP) is 3.69. The largest absolute Gasteiger partial charge is 0.493 e. The molecule has 1 N–H and O–H groups in total. The highest BCUT2D eigenvalue weighted by Gasteiger charge is 2.13. The second kappa shape index (κ2) is 6.48. The lowest BCUT2D eigenvalue weighted by Crippen LogP contribution is -1.95. The zero-order chi connectivity index (χ0) is 16.2. The molecule has 23 heavy (non-hydrogen) atoms. The standard InChI is InChI=1S/C17H16FN3O2/c1-3-23-14-9-8-11(10-15(14)22-2)16-19-17(21-20-16)12-6-4-5-7-13(12)18/h4-10H,3H2,1-2H3,(H,19,20,21). The maximum Gasteiger partial charge on any atom is 0.181 e. The molecule has 1 aromatic heterocycles. The van der Waals surface area contributed by atoms with Gasteiger partial charge in [0, 0.05) is 5.56 Å². The summed E-state index contributed by atoms with van der Waals surface area (Å²) in [7, 11) is 1.57. The van der Waals surface area contributed by atoms with Crippen LogP contribution in [0.1, 0.15) is 6.92 Å². The van der Waals surface area contributed by atoms with Crippen LogP contribution in [0.3, 0.4) is 0 Å². The Morgan fingerprint density at radius 3 is 2.70 bits per heavy atom. The molecule has 3 rings (SSSR count). The molecule has 0 aliphatic carbocycles. The number of ether oxygens (including phenoxy) is 2. The van der Waals surface area contributed by atoms with Crippen LogP contribution in [0.25, 0.3) is 22.8 Å². The molecule has 0 saturated carbocycles. The molecule has 0 fully saturated rings. The van der Waals surface area contributed by atoms with Crippen LogP contribution < -0.4 is 9.47 Å². The van der Waals surface area contributed by atoms with E-state index in [2.05, 4.69) is 15.2 Å². The first-order valence-electron chi connectivity index (χ1n) is 7.21. The van der Waals surface area contributed by atoms with Gasteiger partial charge in [-0.3, -0.25) is 5.10 Å². The van der Waals surface area contributed by atoms with Crippen molar-refractivity contribution in [3.8, 4) is 34.3 Å². The summed E-state index contributed by atoms with van der Waals surface area (Å²) in [5.41, 5.74) is 1.13. The number of hydrogen-bond donors (Lipinski definition) is 1. The Hall–Kier alpha value is -2.89. The lowest BCUT2D eigenvalue weighted by Gasteiger charge is -2.09. The van der Waals surface area contributed by atoms with Crippen LogP contribution in [0.15, 0.2) is 42.5 Å². The van der Waals surface area contributed by atoms with E-state index in [4.69, 9.17) is 9.47 Å². The maximum absolute atomic E-state index is 13.8. The molecule has 0 unspecified atom stereocenters. The summed E-state index contributed by atoms with van der Waals surface area (Å²) in [5, 5.41) is 6.92. The minimum atomic E-state index is -0.348. The fourth-order valence-electron chi connectivity index (χ4n) is 2.25. The van der Waals surface area contributed by atoms with Crippen molar-refractivity contribution in [2.75, 3.05) is 13.7 Å². The summed E-state index contributed by atoms with van der Waals surface area (Å²) in [4.78, 5) is 4.36. The number of methoxy groups -OCH3 is 1. The van der Waals surface area contributed by atoms with E-state index in [-0.39, 0.29) is 5.82 Å². The van der Waals surface area contributed by atoms with Crippen LogP contribution in [0, 0.1) is 5.82 Å². The Bertz CT molecular complexity index is 817. The summed E-state index contributed by atoms with van der Waals surface area (Å²) >= 11 is 0. The zero-order valence-electron chi connectivity index (χ0n) is 12.8. The molecule has 118 valence electrons. The number of aromatic amines is 1. The molecule has 0 saturated heterocycles. The number of nitrogens with zero attached hydrogens (tertiary/aromatic N) is 2. The highest BCUT2D eigenvalue weighted by molar-refractivity contribution is 5.64. The Labute approximate surface area is 133 Å². The first-order chi connectivity index (χ1) is 11.2. The van der Waals surface area contributed by atoms with Crippen LogP contribution in [0.4, 0.5) is 4.39 Å². The number of benzene rings is 2. The second-order valence-corrected chi connectivity index (χ2v) is 4.79. The molecule has 0 bridgehead atoms. The van der Waals surface area contributed by atoms with E-state index in [1.165, 1.54) is 6.07 Å². The molecule has 6 heteroatoms. The van der Waals surface area contributed by atoms with Crippen molar-refractivity contribution in [2.45, 2.75) is 6.92 Å². The third-order valence-electron chi connectivity index (χ3n) is 3.34. The number of H-pyrrole nitrogens is 1. The van der Waals surface area contributed by atoms with E-state index in [0.29, 0.717) is 35.3 Å². The molecule has 0 radical (unpaired) electrons. The Kier molecular flexibility index (Phi) is 4.23. The molecule has 0 amide bonds. The minimum Gasteiger partial charge on any atom is -0.493 e. The van der Waals surface area contributed by atoms with E-state index >= 15 is 0 Å². The third kappa shape index (κ3) is 3.01. The van der Waals surface area contributed by atoms with Gasteiger partial charge in [0.25, 0.3) is 0 Å². The molecule has 0 atom stereocenters. The van der Waals surface area contributed by atoms with E-state index in [0.717, 1.165) is 5.56 Å². The van der Waals surface area contributed by atoms with Crippen molar-refractivity contribution in [3.63, 3.8) is 0 Å². The first kappa shape index (κ1) is 15.0. The number of halogens is 1. The highest BCUT2D eigenvalue weighted by Crippen LogP contribution is 2.32. The van der Waals surface area contributed by atoms with Gasteiger partial charge in [-0.05, 0) is 37.3 Å². The summed E-state index contributed by atoms with van der Waals surface area (Å²) in [6.45, 7) is 2.46. The fraction of sp³-hybridized carbons (Fsp3) is 0.176. The number of aromatic nitrogens is 3. The lowest BCUT2D eigenvalue weighted by molar-refractivity contribution is 0.311. The minimum absolute atomic E-state index is 0.348. The van der Waals surface area contributed by atoms with Gasteiger partial charge < -0.3 is 9.47 Å². The van der Waals surface area contributed by atoms with Gasteiger partial charge in [0.1, 0.15) is 5.82 Å². The second-order valence-electron chi connectivity index (χ2n) is 4.79. The molecule has 0 aliphatic heterocycles. The molecule has 2 aromatic carbocycles. The Morgan fingerprint density at radius 1 is 1.13 bits per heavy atom. The van der Waals surface area contributed by atoms with Gasteiger partial charge in [-0.1, -0.05) is 12.1 Å². The van der Waals surface area contributed by atoms with E-state index in [1.54, 1.807) is 37.4 Å². The van der Waals surface area contributed by atoms with Gasteiger partial charge in [-0.15, -0.1) is 0 Å². The fourth-order valence-corrected chi connectivity index (χ4v) is 2.25. The molecule has 5 nitrogen and oxygen atoms in total. The van der Waals surface area contributed by atoms with Crippen LogP contribution >= 0.6 is 0 Å². The van der Waals surface area contributed by atoms with Crippen LogP contribution in [0.5, 0.6) is 11.5 Å². The van der Waals surface area contributed by atoms with Crippen molar-refractivity contribution < 1.29 is 13.9 Å². The summed E-state index contributed by atoms with van der Waals surface area (Å²) in [6, 6.07) is 11.8. The van der Waals surface area contributed by atoms with E-state index in [1.807, 2.05) is 13.0 Å². The average molecular weight is 313 g/mol. The topological polar surface area (TPSA) is 60.0 Å². The molecular formula is C17H16FN3O2. The van der Waals surface area contributed by atoms with Gasteiger partial charge in [-0.2, -0.15) is 5.10 Å². The summed E-state index contributed by atoms with van der Waals surface area (Å²) in [5.74, 6) is 1.75. The van der Waals surface area contributed by atoms with E-state index < -0.39 is 0 Å². The first-order valence-corrected chi connectivity index (χ1v) is 7.21. The zero-order valence-corrected chi connectivity index (χ0v) is 12.8. The Morgan fingerprint density at radius 2 is 1.96 bits per heavy atom. The van der Waals surface area contributed by atoms with Crippen LogP contribution in [-0.2, 0) is 0 Å². The molecule has 3 aromatic rings. The molecule has 0 aliphatic rings. The van der Waals surface area contributed by atoms with Crippen LogP contribution in [-0.4, -0.2) is 28.9 Å². The predicted molar refractivity (Wildman–Crippen MR) is 84.9 cm³/mol. The lowest BCUT2D eigenvalue weighted by atomic mass is 10.2. The summed E-state index contributed by atoms with van der Waals surface area (Å²) in [6.07, 6.45) is 0. The molecule has 1 heterocycles. The third-order valence-corrected chi connectivity index (χ3v) is 3.34. The van der Waals surface area contributed by atoms with Gasteiger partial charge in [0.05, 0.1) is 19.3 Å². The van der Waals surface area contributed by atoms with Crippen LogP contribution in [0.2, 0.25) is 0 Å². The van der Waals surface area contributed by atoms with Crippen molar-refractivity contribution >= 4 is 0 Å². The normalized spacial score (nSPS) is 10.6. The van der Waals surface area contributed by atoms with Crippen molar-refractivity contribution in [2.24, 2.45) is 0 Å². The molecular weight excluding hydrogens is 297 g/mol. The van der Waals surface area contributed by atoms with Gasteiger partial charge in [-0.25, -0.2) is 9.37 Å². The van der Waals surface area contributed by atoms with Crippen molar-refractivity contribution in [1.29, 1.82) is 0 Å². The van der Waals surface area contributed by atoms with Crippen molar-refractivity contribution in [1.82, 2.24) is 15.2 Å². The summed E-state index contributed by atoms with van der Waals surface area (Å²) < 4.78 is 24.6. The smallest absolute Gasteiger partial charge is 0.181 e. The maximum atomic E-state index is 13.8. The number of rotatable bonds is 5. The highest BCUT2D eigenvalue weighted by atomic mass is 19.1. The Balaban J connectivity index is 1.96. The van der Waals surface area contributed by atoms with Gasteiger partial charge in [0.2, 0.25) is 0 Å². The quantitative estimate of drug-likeness (QED) is 0.780. The SMILES string of the molecule is CCOc1ccc(-c2n[nH]c(-c3ccccc3F)n2)cc1OC. The number of nitrogens with one attached hydrogen (secondary N) is 1. The monoisotopic (exact) mass is 313 g/mol. The number of hydrogen-bond acceptors (Lipinski definition) is 4. The van der Waals surface area contributed by atoms with Gasteiger partial charge in [0.15, 0.2) is 23.1 Å². The van der Waals surface area contributed by atoms with E-state index in [9.17, 15) is 4.39 Å². The molecule has 0 spiro atoms.